The number of anilines is 1. The van der Waals surface area contributed by atoms with Crippen LogP contribution < -0.4 is 14.8 Å². The summed E-state index contributed by atoms with van der Waals surface area (Å²) in [5.41, 5.74) is 1.41. The van der Waals surface area contributed by atoms with Crippen molar-refractivity contribution in [1.82, 2.24) is 14.8 Å². The van der Waals surface area contributed by atoms with Crippen LogP contribution in [-0.2, 0) is 24.4 Å². The topological polar surface area (TPSA) is 78.3 Å². The van der Waals surface area contributed by atoms with Crippen LogP contribution in [-0.4, -0.2) is 33.0 Å². The summed E-state index contributed by atoms with van der Waals surface area (Å²) in [7, 11) is 0. The Morgan fingerprint density at radius 1 is 1.12 bits per heavy atom. The molecule has 1 aromatic heterocycles. The second-order valence-electron chi connectivity index (χ2n) is 7.90. The molecule has 3 aromatic rings. The minimum atomic E-state index is -2.98. The van der Waals surface area contributed by atoms with Crippen LogP contribution in [0.2, 0.25) is 0 Å². The molecule has 1 amide bonds. The Bertz CT molecular complexity index is 1070. The van der Waals surface area contributed by atoms with Gasteiger partial charge in [-0.2, -0.15) is 8.78 Å². The van der Waals surface area contributed by atoms with Crippen molar-refractivity contribution >= 4 is 23.4 Å². The van der Waals surface area contributed by atoms with Gasteiger partial charge in [-0.1, -0.05) is 56.8 Å². The lowest BCUT2D eigenvalue weighted by Gasteiger charge is -2.14. The number of rotatable bonds is 12. The minimum Gasteiger partial charge on any atom is -0.486 e. The van der Waals surface area contributed by atoms with E-state index in [1.165, 1.54) is 29.5 Å². The van der Waals surface area contributed by atoms with Crippen molar-refractivity contribution in [3.8, 4) is 11.5 Å². The number of carbonyl (C=O) groups excluding carboxylic acids is 1. The van der Waals surface area contributed by atoms with E-state index < -0.39 is 6.61 Å². The van der Waals surface area contributed by atoms with Gasteiger partial charge >= 0.3 is 6.61 Å². The Morgan fingerprint density at radius 3 is 2.53 bits per heavy atom. The molecule has 1 heterocycles. The maximum Gasteiger partial charge on any atom is 0.387 e. The molecule has 34 heavy (non-hydrogen) atoms. The van der Waals surface area contributed by atoms with E-state index in [4.69, 9.17) is 4.74 Å². The summed E-state index contributed by atoms with van der Waals surface area (Å²) in [6.45, 7) is 4.18. The molecule has 0 radical (unpaired) electrons. The fourth-order valence-electron chi connectivity index (χ4n) is 3.14. The van der Waals surface area contributed by atoms with Gasteiger partial charge in [-0.15, -0.1) is 10.2 Å². The van der Waals surface area contributed by atoms with E-state index >= 15 is 0 Å². The number of benzene rings is 2. The van der Waals surface area contributed by atoms with Crippen molar-refractivity contribution in [2.24, 2.45) is 5.92 Å². The third kappa shape index (κ3) is 7.44. The van der Waals surface area contributed by atoms with Crippen LogP contribution in [0.4, 0.5) is 14.5 Å². The van der Waals surface area contributed by atoms with Gasteiger partial charge in [0.05, 0.1) is 11.4 Å². The van der Waals surface area contributed by atoms with Crippen molar-refractivity contribution < 1.29 is 23.0 Å². The van der Waals surface area contributed by atoms with Crippen LogP contribution in [0, 0.1) is 5.92 Å². The molecule has 0 saturated heterocycles. The fourth-order valence-corrected chi connectivity index (χ4v) is 3.90. The number of halogens is 2. The molecule has 2 aromatic carbocycles. The van der Waals surface area contributed by atoms with Gasteiger partial charge in [0.1, 0.15) is 18.1 Å². The van der Waals surface area contributed by atoms with Crippen LogP contribution >= 0.6 is 11.8 Å². The zero-order chi connectivity index (χ0) is 24.5. The molecule has 0 spiro atoms. The fraction of sp³-hybridized carbons (Fsp3) is 0.375. The van der Waals surface area contributed by atoms with Gasteiger partial charge in [-0.05, 0) is 42.2 Å². The summed E-state index contributed by atoms with van der Waals surface area (Å²) in [4.78, 5) is 12.5. The first kappa shape index (κ1) is 25.5. The number of nitrogens with zero attached hydrogens (tertiary/aromatic N) is 3. The number of aryl methyl sites for hydroxylation is 1. The average molecular weight is 491 g/mol. The van der Waals surface area contributed by atoms with E-state index in [1.54, 1.807) is 12.1 Å². The van der Waals surface area contributed by atoms with Crippen LogP contribution in [0.25, 0.3) is 0 Å². The predicted molar refractivity (Wildman–Crippen MR) is 127 cm³/mol. The highest BCUT2D eigenvalue weighted by Gasteiger charge is 2.17. The molecular formula is C24H28F2N4O3S. The Kier molecular flexibility index (Phi) is 9.26. The first-order chi connectivity index (χ1) is 16.4. The van der Waals surface area contributed by atoms with Gasteiger partial charge in [0.2, 0.25) is 5.91 Å². The maximum absolute atomic E-state index is 12.6. The van der Waals surface area contributed by atoms with Crippen molar-refractivity contribution in [2.45, 2.75) is 52.1 Å². The van der Waals surface area contributed by atoms with Crippen molar-refractivity contribution in [2.75, 3.05) is 11.1 Å². The molecule has 0 fully saturated rings. The van der Waals surface area contributed by atoms with Crippen LogP contribution in [0.5, 0.6) is 11.5 Å². The number of amides is 1. The SMILES string of the molecule is CCc1ccc(OCc2nnc(SCC(=O)Nc3ccccc3OC(F)F)n2CC(C)C)cc1. The van der Waals surface area contributed by atoms with Gasteiger partial charge in [0.25, 0.3) is 0 Å². The van der Waals surface area contributed by atoms with Crippen LogP contribution in [0.15, 0.2) is 53.7 Å². The van der Waals surface area contributed by atoms with Gasteiger partial charge in [-0.3, -0.25) is 4.79 Å². The number of aromatic nitrogens is 3. The van der Waals surface area contributed by atoms with Crippen LogP contribution in [0.1, 0.15) is 32.2 Å². The van der Waals surface area contributed by atoms with Crippen molar-refractivity contribution in [3.05, 3.63) is 59.9 Å². The number of hydrogen-bond acceptors (Lipinski definition) is 6. The molecule has 10 heteroatoms. The minimum absolute atomic E-state index is 0.0264. The molecule has 0 aliphatic heterocycles. The Labute approximate surface area is 201 Å². The van der Waals surface area contributed by atoms with E-state index in [0.717, 1.165) is 12.2 Å². The van der Waals surface area contributed by atoms with Gasteiger partial charge < -0.3 is 19.4 Å². The largest absolute Gasteiger partial charge is 0.486 e. The summed E-state index contributed by atoms with van der Waals surface area (Å²) in [5, 5.41) is 11.7. The Morgan fingerprint density at radius 2 is 1.85 bits per heavy atom. The average Bonchev–Trinajstić information content (AvgIpc) is 3.18. The molecule has 0 bridgehead atoms. The highest BCUT2D eigenvalue weighted by molar-refractivity contribution is 7.99. The summed E-state index contributed by atoms with van der Waals surface area (Å²) in [5.74, 6) is 1.29. The zero-order valence-corrected chi connectivity index (χ0v) is 20.1. The molecule has 0 unspecified atom stereocenters. The Hall–Kier alpha value is -3.14. The third-order valence-corrected chi connectivity index (χ3v) is 5.72. The van der Waals surface area contributed by atoms with Crippen LogP contribution in [0.3, 0.4) is 0 Å². The molecular weight excluding hydrogens is 462 g/mol. The lowest BCUT2D eigenvalue weighted by molar-refractivity contribution is -0.113. The highest BCUT2D eigenvalue weighted by Crippen LogP contribution is 2.26. The molecule has 0 atom stereocenters. The second kappa shape index (κ2) is 12.4. The molecule has 0 aliphatic rings. The van der Waals surface area contributed by atoms with Crippen molar-refractivity contribution in [1.29, 1.82) is 0 Å². The van der Waals surface area contributed by atoms with E-state index in [9.17, 15) is 13.6 Å². The van der Waals surface area contributed by atoms with Gasteiger partial charge in [0, 0.05) is 6.54 Å². The standard InChI is InChI=1S/C24H28F2N4O3S/c1-4-17-9-11-18(12-10-17)32-14-21-28-29-24(30(21)13-16(2)3)34-15-22(31)27-19-7-5-6-8-20(19)33-23(25)26/h5-12,16,23H,4,13-15H2,1-3H3,(H,27,31). The molecule has 0 saturated carbocycles. The van der Waals surface area contributed by atoms with Gasteiger partial charge in [0.15, 0.2) is 11.0 Å². The number of thioether (sulfide) groups is 1. The van der Waals surface area contributed by atoms with Gasteiger partial charge in [-0.25, -0.2) is 0 Å². The van der Waals surface area contributed by atoms with Crippen molar-refractivity contribution in [3.63, 3.8) is 0 Å². The third-order valence-electron chi connectivity index (χ3n) is 4.75. The molecule has 182 valence electrons. The molecule has 0 aliphatic carbocycles. The monoisotopic (exact) mass is 490 g/mol. The summed E-state index contributed by atoms with van der Waals surface area (Å²) < 4.78 is 37.5. The maximum atomic E-state index is 12.6. The quantitative estimate of drug-likeness (QED) is 0.342. The first-order valence-electron chi connectivity index (χ1n) is 11.0. The molecule has 1 N–H and O–H groups in total. The summed E-state index contributed by atoms with van der Waals surface area (Å²) >= 11 is 1.22. The predicted octanol–water partition coefficient (Wildman–Crippen LogP) is 5.41. The molecule has 3 rings (SSSR count). The molecule has 7 nitrogen and oxygen atoms in total. The number of alkyl halides is 2. The number of ether oxygens (including phenoxy) is 2. The normalized spacial score (nSPS) is 11.1. The lowest BCUT2D eigenvalue weighted by atomic mass is 10.2. The second-order valence-corrected chi connectivity index (χ2v) is 8.84. The lowest BCUT2D eigenvalue weighted by Crippen LogP contribution is -2.17. The van der Waals surface area contributed by atoms with E-state index in [-0.39, 0.29) is 29.7 Å². The van der Waals surface area contributed by atoms with E-state index in [0.29, 0.717) is 23.4 Å². The Balaban J connectivity index is 1.63. The summed E-state index contributed by atoms with van der Waals surface area (Å²) in [6, 6.07) is 14.0. The number of para-hydroxylation sites is 2. The summed E-state index contributed by atoms with van der Waals surface area (Å²) in [6.07, 6.45) is 0.960. The number of carbonyl (C=O) groups is 1. The smallest absolute Gasteiger partial charge is 0.387 e. The van der Waals surface area contributed by atoms with E-state index in [1.807, 2.05) is 28.8 Å². The first-order valence-corrected chi connectivity index (χ1v) is 11.9. The van der Waals surface area contributed by atoms with E-state index in [2.05, 4.69) is 41.0 Å². The highest BCUT2D eigenvalue weighted by atomic mass is 32.2. The number of nitrogens with one attached hydrogen (secondary N) is 1. The number of hydrogen-bond donors (Lipinski definition) is 1. The zero-order valence-electron chi connectivity index (χ0n) is 19.3.